The number of nitrogens with one attached hydrogen (secondary N) is 2. The molecule has 2 aromatic heterocycles. The van der Waals surface area contributed by atoms with E-state index in [1.807, 2.05) is 0 Å². The van der Waals surface area contributed by atoms with Gasteiger partial charge in [0.15, 0.2) is 0 Å². The number of carbonyl (C=O) groups excluding carboxylic acids is 2. The average Bonchev–Trinajstić information content (AvgIpc) is 3.83. The quantitative estimate of drug-likeness (QED) is 0.439. The molecule has 0 unspecified atom stereocenters. The Bertz CT molecular complexity index is 1260. The van der Waals surface area contributed by atoms with Crippen LogP contribution in [-0.4, -0.2) is 83.3 Å². The molecule has 0 bridgehead atoms. The Morgan fingerprint density at radius 1 is 1.13 bits per heavy atom. The lowest BCUT2D eigenvalue weighted by molar-refractivity contribution is -0.136. The summed E-state index contributed by atoms with van der Waals surface area (Å²) in [5, 5.41) is 16.9. The number of hydrogen-bond acceptors (Lipinski definition) is 7. The number of amides is 3. The molecule has 2 atom stereocenters. The van der Waals surface area contributed by atoms with Gasteiger partial charge in [0.1, 0.15) is 0 Å². The Morgan fingerprint density at radius 2 is 1.79 bits per heavy atom. The van der Waals surface area contributed by atoms with Crippen LogP contribution in [0.2, 0.25) is 0 Å². The third-order valence-electron chi connectivity index (χ3n) is 7.47. The maximum atomic E-state index is 13.9. The molecule has 5 rings (SSSR count). The molecule has 212 valence electrons. The van der Waals surface area contributed by atoms with Crippen molar-refractivity contribution in [2.75, 3.05) is 33.2 Å². The van der Waals surface area contributed by atoms with Crippen LogP contribution in [0.5, 0.6) is 5.88 Å². The molecular formula is C25H30F3N5O5S. The van der Waals surface area contributed by atoms with Gasteiger partial charge in [0.2, 0.25) is 5.88 Å². The Balaban J connectivity index is 1.47. The van der Waals surface area contributed by atoms with Gasteiger partial charge >= 0.3 is 18.4 Å². The Labute approximate surface area is 226 Å². The zero-order chi connectivity index (χ0) is 27.9. The fourth-order valence-corrected chi connectivity index (χ4v) is 6.08. The van der Waals surface area contributed by atoms with Crippen LogP contribution < -0.4 is 15.4 Å². The van der Waals surface area contributed by atoms with Crippen LogP contribution in [0.15, 0.2) is 11.4 Å². The van der Waals surface area contributed by atoms with Crippen molar-refractivity contribution in [1.29, 1.82) is 0 Å². The normalized spacial score (nSPS) is 21.4. The van der Waals surface area contributed by atoms with Crippen molar-refractivity contribution >= 4 is 39.6 Å². The minimum absolute atomic E-state index is 0.0514. The van der Waals surface area contributed by atoms with Crippen LogP contribution in [0.4, 0.5) is 22.8 Å². The zero-order valence-electron chi connectivity index (χ0n) is 21.3. The molecule has 0 aromatic carbocycles. The predicted octanol–water partition coefficient (Wildman–Crippen LogP) is 4.01. The van der Waals surface area contributed by atoms with E-state index in [9.17, 15) is 32.7 Å². The molecule has 2 saturated carbocycles. The Morgan fingerprint density at radius 3 is 2.38 bits per heavy atom. The number of hydrogen-bond donors (Lipinski definition) is 3. The van der Waals surface area contributed by atoms with Crippen molar-refractivity contribution in [3.8, 4) is 5.88 Å². The Kier molecular flexibility index (Phi) is 7.60. The van der Waals surface area contributed by atoms with Crippen molar-refractivity contribution in [1.82, 2.24) is 25.4 Å². The summed E-state index contributed by atoms with van der Waals surface area (Å²) in [4.78, 5) is 45.0. The summed E-state index contributed by atoms with van der Waals surface area (Å²) in [6, 6.07) is -0.365. The van der Waals surface area contributed by atoms with E-state index in [-0.39, 0.29) is 21.7 Å². The fraction of sp³-hybridized carbons (Fsp3) is 0.600. The molecule has 3 aliphatic rings. The van der Waals surface area contributed by atoms with Gasteiger partial charge in [-0.15, -0.1) is 11.3 Å². The van der Waals surface area contributed by atoms with Crippen LogP contribution in [0.3, 0.4) is 0 Å². The molecule has 1 saturated heterocycles. The summed E-state index contributed by atoms with van der Waals surface area (Å²) in [5.41, 5.74) is -1.31. The number of fused-ring (bicyclic) bond motifs is 1. The number of thiophene rings is 1. The third-order valence-corrected chi connectivity index (χ3v) is 8.47. The first-order valence-electron chi connectivity index (χ1n) is 13.0. The standard InChI is InChI=1S/C25H30F3N5O5S/c1-29-22(34)15-12-39-21-16(25(26,27)28)8-19(31-20(15)21)38-24(37)33(11-14-4-5-14)18-9-30-7-6-17(18)32(23(35)36)10-13-2-3-13/h8,12-14,17-18,30H,2-7,9-11H2,1H3,(H,29,34)(H,35,36)/t17-,18+/m0/s1. The van der Waals surface area contributed by atoms with E-state index in [1.165, 1.54) is 22.2 Å². The molecule has 39 heavy (non-hydrogen) atoms. The van der Waals surface area contributed by atoms with Gasteiger partial charge in [-0.1, -0.05) is 0 Å². The van der Waals surface area contributed by atoms with Gasteiger partial charge in [-0.05, 0) is 50.5 Å². The van der Waals surface area contributed by atoms with Gasteiger partial charge in [-0.2, -0.15) is 13.2 Å². The lowest BCUT2D eigenvalue weighted by atomic mass is 9.97. The molecule has 10 nitrogen and oxygen atoms in total. The van der Waals surface area contributed by atoms with Crippen molar-refractivity contribution in [2.45, 2.75) is 50.4 Å². The number of alkyl halides is 3. The summed E-state index contributed by atoms with van der Waals surface area (Å²) in [6.07, 6.45) is -2.52. The molecule has 0 radical (unpaired) electrons. The highest BCUT2D eigenvalue weighted by Crippen LogP contribution is 2.40. The number of carboxylic acid groups (broad SMARTS) is 1. The van der Waals surface area contributed by atoms with Gasteiger partial charge < -0.3 is 30.3 Å². The first-order valence-corrected chi connectivity index (χ1v) is 13.8. The lowest BCUT2D eigenvalue weighted by Gasteiger charge is -2.43. The molecule has 3 N–H and O–H groups in total. The highest BCUT2D eigenvalue weighted by molar-refractivity contribution is 7.17. The second-order valence-corrected chi connectivity index (χ2v) is 11.3. The van der Waals surface area contributed by atoms with Gasteiger partial charge in [0.05, 0.1) is 33.4 Å². The van der Waals surface area contributed by atoms with E-state index in [1.54, 1.807) is 0 Å². The van der Waals surface area contributed by atoms with Crippen LogP contribution in [0, 0.1) is 11.8 Å². The molecule has 14 heteroatoms. The van der Waals surface area contributed by atoms with E-state index >= 15 is 0 Å². The number of ether oxygens (including phenoxy) is 1. The monoisotopic (exact) mass is 569 g/mol. The van der Waals surface area contributed by atoms with Gasteiger partial charge in [-0.3, -0.25) is 4.79 Å². The maximum absolute atomic E-state index is 13.9. The summed E-state index contributed by atoms with van der Waals surface area (Å²) in [6.45, 7) is 1.59. The third kappa shape index (κ3) is 6.06. The number of halogens is 3. The van der Waals surface area contributed by atoms with Crippen molar-refractivity contribution in [3.63, 3.8) is 0 Å². The molecule has 1 aliphatic heterocycles. The maximum Gasteiger partial charge on any atom is 0.418 e. The highest BCUT2D eigenvalue weighted by Gasteiger charge is 2.43. The molecule has 0 spiro atoms. The molecule has 2 aliphatic carbocycles. The predicted molar refractivity (Wildman–Crippen MR) is 136 cm³/mol. The molecule has 2 aromatic rings. The molecular weight excluding hydrogens is 539 g/mol. The zero-order valence-corrected chi connectivity index (χ0v) is 22.1. The second-order valence-electron chi connectivity index (χ2n) is 10.4. The summed E-state index contributed by atoms with van der Waals surface area (Å²) >= 11 is 0.737. The Hall–Kier alpha value is -3.13. The fourth-order valence-electron chi connectivity index (χ4n) is 5.06. The first-order chi connectivity index (χ1) is 18.6. The van der Waals surface area contributed by atoms with Gasteiger partial charge in [0.25, 0.3) is 5.91 Å². The van der Waals surface area contributed by atoms with E-state index in [0.29, 0.717) is 44.6 Å². The minimum Gasteiger partial charge on any atom is -0.465 e. The SMILES string of the molecule is CNC(=O)c1csc2c(C(F)(F)F)cc(OC(=O)N(CC3CC3)[C@@H]3CNCC[C@@H]3N(CC3CC3)C(=O)O)nc12. The van der Waals surface area contributed by atoms with E-state index < -0.39 is 47.8 Å². The number of piperidine rings is 1. The average molecular weight is 570 g/mol. The minimum atomic E-state index is -4.77. The lowest BCUT2D eigenvalue weighted by Crippen LogP contribution is -2.63. The van der Waals surface area contributed by atoms with E-state index in [0.717, 1.165) is 37.0 Å². The number of pyridine rings is 1. The largest absolute Gasteiger partial charge is 0.465 e. The summed E-state index contributed by atoms with van der Waals surface area (Å²) < 4.78 is 47.1. The van der Waals surface area contributed by atoms with E-state index in [2.05, 4.69) is 15.6 Å². The molecule has 3 amide bonds. The molecule has 3 fully saturated rings. The van der Waals surface area contributed by atoms with Crippen LogP contribution >= 0.6 is 11.3 Å². The summed E-state index contributed by atoms with van der Waals surface area (Å²) in [7, 11) is 1.36. The molecule has 3 heterocycles. The smallest absolute Gasteiger partial charge is 0.418 e. The van der Waals surface area contributed by atoms with Crippen LogP contribution in [-0.2, 0) is 6.18 Å². The number of aromatic nitrogens is 1. The van der Waals surface area contributed by atoms with Crippen molar-refractivity contribution in [3.05, 3.63) is 22.6 Å². The van der Waals surface area contributed by atoms with Gasteiger partial charge in [-0.25, -0.2) is 14.6 Å². The number of carbonyl (C=O) groups is 3. The highest BCUT2D eigenvalue weighted by atomic mass is 32.1. The van der Waals surface area contributed by atoms with E-state index in [4.69, 9.17) is 4.74 Å². The number of rotatable bonds is 8. The first kappa shape index (κ1) is 27.4. The van der Waals surface area contributed by atoms with Crippen molar-refractivity contribution < 1.29 is 37.4 Å². The second kappa shape index (κ2) is 10.8. The van der Waals surface area contributed by atoms with Crippen LogP contribution in [0.1, 0.15) is 48.0 Å². The van der Waals surface area contributed by atoms with Gasteiger partial charge in [0, 0.05) is 38.1 Å². The van der Waals surface area contributed by atoms with Crippen molar-refractivity contribution in [2.24, 2.45) is 11.8 Å². The van der Waals surface area contributed by atoms with Crippen LogP contribution in [0.25, 0.3) is 10.2 Å². The topological polar surface area (TPSA) is 124 Å². The summed E-state index contributed by atoms with van der Waals surface area (Å²) in [5.74, 6) is -0.670. The number of nitrogens with zero attached hydrogens (tertiary/aromatic N) is 3.